The quantitative estimate of drug-likeness (QED) is 0.588. The molecule has 3 heterocycles. The molecular formula is C28H33N3O6S2. The van der Waals surface area contributed by atoms with Gasteiger partial charge in [0, 0.05) is 48.4 Å². The molecule has 3 aliphatic heterocycles. The molecule has 2 aromatic rings. The van der Waals surface area contributed by atoms with E-state index in [1.165, 1.54) is 29.3 Å². The number of benzene rings is 2. The van der Waals surface area contributed by atoms with Crippen LogP contribution in [0.1, 0.15) is 60.9 Å². The largest absolute Gasteiger partial charge is 0.372 e. The second kappa shape index (κ2) is 8.28. The van der Waals surface area contributed by atoms with Crippen molar-refractivity contribution >= 4 is 37.3 Å². The predicted molar refractivity (Wildman–Crippen MR) is 147 cm³/mol. The third kappa shape index (κ3) is 4.20. The minimum absolute atomic E-state index is 0.109. The number of hydrogen-bond acceptors (Lipinski definition) is 6. The number of fused-ring (bicyclic) bond motifs is 2. The predicted octanol–water partition coefficient (Wildman–Crippen LogP) is 3.47. The first-order chi connectivity index (χ1) is 18.4. The van der Waals surface area contributed by atoms with Gasteiger partial charge < -0.3 is 9.64 Å². The Hall–Kier alpha value is -2.47. The zero-order valence-electron chi connectivity index (χ0n) is 22.0. The third-order valence-corrected chi connectivity index (χ3v) is 12.1. The number of carbonyl (C=O) groups is 1. The molecule has 0 radical (unpaired) electrons. The second-order valence-corrected chi connectivity index (χ2v) is 16.0. The van der Waals surface area contributed by atoms with Crippen molar-refractivity contribution in [3.8, 4) is 0 Å². The van der Waals surface area contributed by atoms with Crippen LogP contribution in [0.25, 0.3) is 0 Å². The standard InChI is InChI=1S/C28H33N3O6S2/c1-38(33,34)29-21-5-6-24-23(16-21)27(11-9-26(7-8-26)10-12-27)17-31(24)25(32)20-3-2-4-22(15-20)39(35,36)30-18-28(19-30)13-14-37-28/h2-6,15-16,29H,7-14,17-19H2,1H3. The minimum Gasteiger partial charge on any atom is -0.372 e. The van der Waals surface area contributed by atoms with Crippen LogP contribution in [0.2, 0.25) is 0 Å². The van der Waals surface area contributed by atoms with E-state index in [2.05, 4.69) is 4.72 Å². The summed E-state index contributed by atoms with van der Waals surface area (Å²) in [5.74, 6) is -0.247. The Balaban J connectivity index is 1.20. The molecule has 2 aliphatic carbocycles. The molecule has 0 aromatic heterocycles. The van der Waals surface area contributed by atoms with E-state index >= 15 is 0 Å². The van der Waals surface area contributed by atoms with E-state index in [1.807, 2.05) is 12.1 Å². The van der Waals surface area contributed by atoms with Crippen LogP contribution < -0.4 is 9.62 Å². The van der Waals surface area contributed by atoms with Gasteiger partial charge in [0.2, 0.25) is 20.0 Å². The van der Waals surface area contributed by atoms with Crippen LogP contribution in [0.15, 0.2) is 47.4 Å². The summed E-state index contributed by atoms with van der Waals surface area (Å²) in [4.78, 5) is 15.8. The van der Waals surface area contributed by atoms with Crippen molar-refractivity contribution in [2.45, 2.75) is 60.9 Å². The number of amides is 1. The van der Waals surface area contributed by atoms with Crippen LogP contribution in [0.5, 0.6) is 0 Å². The molecule has 0 atom stereocenters. The van der Waals surface area contributed by atoms with Crippen LogP contribution in [-0.4, -0.2) is 65.1 Å². The molecule has 7 rings (SSSR count). The summed E-state index contributed by atoms with van der Waals surface area (Å²) in [5, 5.41) is 0. The summed E-state index contributed by atoms with van der Waals surface area (Å²) in [6, 6.07) is 11.7. The van der Waals surface area contributed by atoms with E-state index in [9.17, 15) is 21.6 Å². The summed E-state index contributed by atoms with van der Waals surface area (Å²) < 4.78 is 60.0. The minimum atomic E-state index is -3.73. The van der Waals surface area contributed by atoms with Gasteiger partial charge in [0.25, 0.3) is 5.91 Å². The van der Waals surface area contributed by atoms with E-state index in [-0.39, 0.29) is 21.8 Å². The fourth-order valence-corrected chi connectivity index (χ4v) is 9.18. The van der Waals surface area contributed by atoms with Crippen molar-refractivity contribution in [2.75, 3.05) is 42.1 Å². The highest BCUT2D eigenvalue weighted by atomic mass is 32.2. The molecule has 1 amide bonds. The first-order valence-corrected chi connectivity index (χ1v) is 16.9. The van der Waals surface area contributed by atoms with Gasteiger partial charge in [-0.15, -0.1) is 0 Å². The molecule has 0 unspecified atom stereocenters. The van der Waals surface area contributed by atoms with E-state index in [4.69, 9.17) is 4.74 Å². The van der Waals surface area contributed by atoms with Gasteiger partial charge in [-0.25, -0.2) is 16.8 Å². The lowest BCUT2D eigenvalue weighted by molar-refractivity contribution is -0.200. The van der Waals surface area contributed by atoms with E-state index in [1.54, 1.807) is 23.1 Å². The fourth-order valence-electron chi connectivity index (χ4n) is 6.99. The lowest BCUT2D eigenvalue weighted by Crippen LogP contribution is -2.69. The molecule has 11 heteroatoms. The highest BCUT2D eigenvalue weighted by Crippen LogP contribution is 2.62. The van der Waals surface area contributed by atoms with Gasteiger partial charge in [0.05, 0.1) is 23.4 Å². The summed E-state index contributed by atoms with van der Waals surface area (Å²) in [5.41, 5.74) is 2.47. The van der Waals surface area contributed by atoms with E-state index < -0.39 is 20.0 Å². The normalized spacial score (nSPS) is 24.3. The molecule has 208 valence electrons. The summed E-state index contributed by atoms with van der Waals surface area (Å²) in [7, 11) is -7.17. The molecule has 39 heavy (non-hydrogen) atoms. The summed E-state index contributed by atoms with van der Waals surface area (Å²) in [6.45, 7) is 1.87. The number of carbonyl (C=O) groups excluding carboxylic acids is 1. The maximum Gasteiger partial charge on any atom is 0.258 e. The monoisotopic (exact) mass is 571 g/mol. The topological polar surface area (TPSA) is 113 Å². The van der Waals surface area contributed by atoms with Gasteiger partial charge in [-0.2, -0.15) is 4.31 Å². The number of hydrogen-bond donors (Lipinski definition) is 1. The van der Waals surface area contributed by atoms with Crippen molar-refractivity contribution in [1.82, 2.24) is 4.31 Å². The average Bonchev–Trinajstić information content (AvgIpc) is 3.53. The highest BCUT2D eigenvalue weighted by molar-refractivity contribution is 7.92. The van der Waals surface area contributed by atoms with Gasteiger partial charge in [-0.3, -0.25) is 9.52 Å². The molecular weight excluding hydrogens is 538 g/mol. The van der Waals surface area contributed by atoms with Gasteiger partial charge in [-0.05, 0) is 85.9 Å². The lowest BCUT2D eigenvalue weighted by Gasteiger charge is -2.54. The van der Waals surface area contributed by atoms with Crippen LogP contribution in [0, 0.1) is 5.41 Å². The van der Waals surface area contributed by atoms with Crippen molar-refractivity contribution < 1.29 is 26.4 Å². The van der Waals surface area contributed by atoms with Crippen LogP contribution in [-0.2, 0) is 30.2 Å². The highest BCUT2D eigenvalue weighted by Gasteiger charge is 2.55. The molecule has 2 saturated carbocycles. The smallest absolute Gasteiger partial charge is 0.258 e. The SMILES string of the molecule is CS(=O)(=O)Nc1ccc2c(c1)C1(CCC3(CC3)CC1)CN2C(=O)c1cccc(S(=O)(=O)N2CC3(CCO3)C2)c1. The Morgan fingerprint density at radius 2 is 1.59 bits per heavy atom. The van der Waals surface area contributed by atoms with Crippen molar-refractivity contribution in [1.29, 1.82) is 0 Å². The van der Waals surface area contributed by atoms with Crippen LogP contribution in [0.4, 0.5) is 11.4 Å². The number of nitrogens with one attached hydrogen (secondary N) is 1. The second-order valence-electron chi connectivity index (χ2n) is 12.4. The van der Waals surface area contributed by atoms with Crippen molar-refractivity contribution in [3.63, 3.8) is 0 Å². The first-order valence-electron chi connectivity index (χ1n) is 13.6. The molecule has 0 bridgehead atoms. The Labute approximate surface area is 229 Å². The van der Waals surface area contributed by atoms with Crippen LogP contribution >= 0.6 is 0 Å². The molecule has 3 spiro atoms. The number of nitrogens with zero attached hydrogens (tertiary/aromatic N) is 2. The van der Waals surface area contributed by atoms with Gasteiger partial charge in [0.15, 0.2) is 0 Å². The van der Waals surface area contributed by atoms with Crippen molar-refractivity contribution in [3.05, 3.63) is 53.6 Å². The summed E-state index contributed by atoms with van der Waals surface area (Å²) >= 11 is 0. The molecule has 2 aromatic carbocycles. The van der Waals surface area contributed by atoms with Crippen molar-refractivity contribution in [2.24, 2.45) is 5.41 Å². The molecule has 9 nitrogen and oxygen atoms in total. The maximum absolute atomic E-state index is 14.0. The zero-order valence-corrected chi connectivity index (χ0v) is 23.6. The third-order valence-electron chi connectivity index (χ3n) is 9.71. The fraction of sp³-hybridized carbons (Fsp3) is 0.536. The first kappa shape index (κ1) is 25.5. The Morgan fingerprint density at radius 3 is 2.21 bits per heavy atom. The zero-order chi connectivity index (χ0) is 27.3. The van der Waals surface area contributed by atoms with Gasteiger partial charge >= 0.3 is 0 Å². The maximum atomic E-state index is 14.0. The Kier molecular flexibility index (Phi) is 5.41. The number of anilines is 2. The summed E-state index contributed by atoms with van der Waals surface area (Å²) in [6.07, 6.45) is 8.62. The molecule has 5 aliphatic rings. The van der Waals surface area contributed by atoms with Gasteiger partial charge in [0.1, 0.15) is 0 Å². The number of sulfonamides is 2. The molecule has 4 fully saturated rings. The lowest BCUT2D eigenvalue weighted by atomic mass is 9.66. The van der Waals surface area contributed by atoms with E-state index in [0.29, 0.717) is 42.9 Å². The number of rotatable bonds is 5. The number of ether oxygens (including phenoxy) is 1. The Bertz CT molecular complexity index is 1580. The van der Waals surface area contributed by atoms with Crippen LogP contribution in [0.3, 0.4) is 0 Å². The molecule has 1 N–H and O–H groups in total. The average molecular weight is 572 g/mol. The van der Waals surface area contributed by atoms with E-state index in [0.717, 1.165) is 49.6 Å². The molecule has 2 saturated heterocycles. The Morgan fingerprint density at radius 1 is 0.897 bits per heavy atom. The van der Waals surface area contributed by atoms with Gasteiger partial charge in [-0.1, -0.05) is 6.07 Å².